The summed E-state index contributed by atoms with van der Waals surface area (Å²) >= 11 is 0. The normalized spacial score (nSPS) is 11.1. The second-order valence-electron chi connectivity index (χ2n) is 4.76. The molecule has 4 aromatic rings. The van der Waals surface area contributed by atoms with E-state index >= 15 is 0 Å². The number of tetrazole rings is 1. The van der Waals surface area contributed by atoms with Crippen molar-refractivity contribution in [1.82, 2.24) is 20.0 Å². The summed E-state index contributed by atoms with van der Waals surface area (Å²) in [7, 11) is 1.66. The van der Waals surface area contributed by atoms with Gasteiger partial charge in [0.15, 0.2) is 5.65 Å². The molecule has 5 nitrogen and oxygen atoms in total. The number of nitrogens with zero attached hydrogens (tertiary/aromatic N) is 4. The van der Waals surface area contributed by atoms with Crippen molar-refractivity contribution < 1.29 is 4.74 Å². The molecule has 2 aromatic heterocycles. The summed E-state index contributed by atoms with van der Waals surface area (Å²) in [6.07, 6.45) is 0. The third-order valence-corrected chi connectivity index (χ3v) is 3.58. The van der Waals surface area contributed by atoms with Gasteiger partial charge in [0.25, 0.3) is 0 Å². The van der Waals surface area contributed by atoms with Gasteiger partial charge in [0.1, 0.15) is 5.75 Å². The number of aromatic nitrogens is 4. The molecule has 0 N–H and O–H groups in total. The van der Waals surface area contributed by atoms with Crippen molar-refractivity contribution in [3.8, 4) is 17.0 Å². The van der Waals surface area contributed by atoms with E-state index in [9.17, 15) is 0 Å². The van der Waals surface area contributed by atoms with Crippen LogP contribution in [0.4, 0.5) is 0 Å². The quantitative estimate of drug-likeness (QED) is 0.565. The van der Waals surface area contributed by atoms with Gasteiger partial charge in [-0.15, -0.1) is 5.10 Å². The van der Waals surface area contributed by atoms with Gasteiger partial charge in [-0.05, 0) is 46.1 Å². The summed E-state index contributed by atoms with van der Waals surface area (Å²) in [6, 6.07) is 18.1. The average Bonchev–Trinajstić information content (AvgIpc) is 3.04. The summed E-state index contributed by atoms with van der Waals surface area (Å²) in [5.41, 5.74) is 2.76. The molecule has 4 rings (SSSR count). The Morgan fingerprint density at radius 1 is 1.00 bits per heavy atom. The van der Waals surface area contributed by atoms with Crippen molar-refractivity contribution in [2.45, 2.75) is 0 Å². The molecule has 0 saturated heterocycles. The smallest absolute Gasteiger partial charge is 0.187 e. The van der Waals surface area contributed by atoms with Crippen LogP contribution in [0.5, 0.6) is 5.75 Å². The highest BCUT2D eigenvalue weighted by Crippen LogP contribution is 2.27. The van der Waals surface area contributed by atoms with Crippen molar-refractivity contribution in [3.05, 3.63) is 54.6 Å². The molecule has 0 atom stereocenters. The third kappa shape index (κ3) is 1.82. The molecule has 0 saturated carbocycles. The van der Waals surface area contributed by atoms with E-state index < -0.39 is 0 Å². The molecule has 0 radical (unpaired) electrons. The molecule has 0 unspecified atom stereocenters. The standard InChI is InChI=1S/C16H12N4O/c1-21-13-8-6-11(7-9-13)15-10-12-4-2-3-5-14(12)16-17-18-19-20(15)16/h2-10H,1H3. The highest BCUT2D eigenvalue weighted by Gasteiger charge is 2.10. The Kier molecular flexibility index (Phi) is 2.57. The summed E-state index contributed by atoms with van der Waals surface area (Å²) < 4.78 is 6.97. The van der Waals surface area contributed by atoms with Gasteiger partial charge < -0.3 is 4.74 Å². The van der Waals surface area contributed by atoms with Gasteiger partial charge in [0.05, 0.1) is 12.8 Å². The molecule has 0 amide bonds. The second-order valence-corrected chi connectivity index (χ2v) is 4.76. The van der Waals surface area contributed by atoms with E-state index in [0.29, 0.717) is 0 Å². The Morgan fingerprint density at radius 2 is 1.81 bits per heavy atom. The summed E-state index contributed by atoms with van der Waals surface area (Å²) in [5.74, 6) is 0.826. The number of fused-ring (bicyclic) bond motifs is 3. The first kappa shape index (κ1) is 11.8. The first-order valence-corrected chi connectivity index (χ1v) is 6.61. The van der Waals surface area contributed by atoms with Crippen LogP contribution in [0.15, 0.2) is 54.6 Å². The summed E-state index contributed by atoms with van der Waals surface area (Å²) in [6.45, 7) is 0. The fourth-order valence-corrected chi connectivity index (χ4v) is 2.52. The SMILES string of the molecule is COc1ccc(-c2cc3ccccc3c3nnnn23)cc1. The summed E-state index contributed by atoms with van der Waals surface area (Å²) in [4.78, 5) is 0. The topological polar surface area (TPSA) is 52.3 Å². The van der Waals surface area contributed by atoms with Crippen molar-refractivity contribution in [2.75, 3.05) is 7.11 Å². The van der Waals surface area contributed by atoms with Crippen LogP contribution in [0.1, 0.15) is 0 Å². The van der Waals surface area contributed by atoms with Gasteiger partial charge in [0, 0.05) is 10.9 Å². The minimum absolute atomic E-state index is 0.763. The highest BCUT2D eigenvalue weighted by atomic mass is 16.5. The van der Waals surface area contributed by atoms with Gasteiger partial charge in [-0.25, -0.2) is 0 Å². The second kappa shape index (κ2) is 4.56. The van der Waals surface area contributed by atoms with Crippen molar-refractivity contribution in [3.63, 3.8) is 0 Å². The van der Waals surface area contributed by atoms with Crippen LogP contribution in [0, 0.1) is 0 Å². The lowest BCUT2D eigenvalue weighted by atomic mass is 10.1. The van der Waals surface area contributed by atoms with Gasteiger partial charge in [0.2, 0.25) is 0 Å². The molecule has 2 aromatic carbocycles. The molecular weight excluding hydrogens is 264 g/mol. The first-order valence-electron chi connectivity index (χ1n) is 6.61. The number of ether oxygens (including phenoxy) is 1. The maximum Gasteiger partial charge on any atom is 0.187 e. The zero-order chi connectivity index (χ0) is 14.2. The largest absolute Gasteiger partial charge is 0.497 e. The Hall–Kier alpha value is -2.95. The number of pyridine rings is 1. The third-order valence-electron chi connectivity index (χ3n) is 3.58. The fourth-order valence-electron chi connectivity index (χ4n) is 2.52. The molecule has 5 heteroatoms. The van der Waals surface area contributed by atoms with Crippen LogP contribution in [-0.2, 0) is 0 Å². The van der Waals surface area contributed by atoms with Crippen molar-refractivity contribution in [2.24, 2.45) is 0 Å². The zero-order valence-corrected chi connectivity index (χ0v) is 11.4. The molecule has 0 fully saturated rings. The minimum atomic E-state index is 0.763. The van der Waals surface area contributed by atoms with E-state index in [1.807, 2.05) is 42.5 Å². The molecule has 0 bridgehead atoms. The lowest BCUT2D eigenvalue weighted by molar-refractivity contribution is 0.415. The van der Waals surface area contributed by atoms with Gasteiger partial charge in [-0.3, -0.25) is 0 Å². The molecular formula is C16H12N4O. The van der Waals surface area contributed by atoms with Gasteiger partial charge >= 0.3 is 0 Å². The van der Waals surface area contributed by atoms with Crippen LogP contribution in [0.2, 0.25) is 0 Å². The molecule has 2 heterocycles. The van der Waals surface area contributed by atoms with Crippen LogP contribution in [0.3, 0.4) is 0 Å². The first-order chi connectivity index (χ1) is 10.4. The van der Waals surface area contributed by atoms with Crippen LogP contribution >= 0.6 is 0 Å². The maximum absolute atomic E-state index is 5.20. The van der Waals surface area contributed by atoms with E-state index in [0.717, 1.165) is 33.4 Å². The van der Waals surface area contributed by atoms with Gasteiger partial charge in [-0.2, -0.15) is 4.52 Å². The van der Waals surface area contributed by atoms with E-state index in [1.54, 1.807) is 11.6 Å². The van der Waals surface area contributed by atoms with Crippen LogP contribution in [0.25, 0.3) is 27.7 Å². The van der Waals surface area contributed by atoms with E-state index in [-0.39, 0.29) is 0 Å². The lowest BCUT2D eigenvalue weighted by Crippen LogP contribution is -1.95. The number of hydrogen-bond acceptors (Lipinski definition) is 4. The molecule has 0 aliphatic carbocycles. The number of hydrogen-bond donors (Lipinski definition) is 0. The molecule has 0 aliphatic heterocycles. The van der Waals surface area contributed by atoms with E-state index in [2.05, 4.69) is 27.7 Å². The molecule has 102 valence electrons. The lowest BCUT2D eigenvalue weighted by Gasteiger charge is -2.07. The monoisotopic (exact) mass is 276 g/mol. The average molecular weight is 276 g/mol. The predicted octanol–water partition coefficient (Wildman–Crippen LogP) is 2.95. The van der Waals surface area contributed by atoms with Gasteiger partial charge in [-0.1, -0.05) is 24.3 Å². The maximum atomic E-state index is 5.20. The minimum Gasteiger partial charge on any atom is -0.497 e. The molecule has 0 aliphatic rings. The van der Waals surface area contributed by atoms with Crippen LogP contribution in [-0.4, -0.2) is 27.2 Å². The summed E-state index contributed by atoms with van der Waals surface area (Å²) in [5, 5.41) is 14.2. The van der Waals surface area contributed by atoms with E-state index in [1.165, 1.54) is 0 Å². The van der Waals surface area contributed by atoms with Crippen LogP contribution < -0.4 is 4.74 Å². The Labute approximate surface area is 120 Å². The fraction of sp³-hybridized carbons (Fsp3) is 0.0625. The number of rotatable bonds is 2. The molecule has 0 spiro atoms. The zero-order valence-electron chi connectivity index (χ0n) is 11.4. The predicted molar refractivity (Wildman–Crippen MR) is 80.3 cm³/mol. The van der Waals surface area contributed by atoms with Crippen molar-refractivity contribution in [1.29, 1.82) is 0 Å². The van der Waals surface area contributed by atoms with E-state index in [4.69, 9.17) is 4.74 Å². The highest BCUT2D eigenvalue weighted by molar-refractivity contribution is 5.96. The Balaban J connectivity index is 2.03. The molecule has 21 heavy (non-hydrogen) atoms. The van der Waals surface area contributed by atoms with Crippen molar-refractivity contribution >= 4 is 16.4 Å². The Bertz CT molecular complexity index is 928. The number of benzene rings is 2. The number of methoxy groups -OCH3 is 1. The Morgan fingerprint density at radius 3 is 2.62 bits per heavy atom.